The van der Waals surface area contributed by atoms with Crippen LogP contribution in [0.15, 0.2) is 35.1 Å². The lowest BCUT2D eigenvalue weighted by molar-refractivity contribution is -0.137. The number of aromatic amines is 1. The van der Waals surface area contributed by atoms with E-state index in [1.165, 1.54) is 18.2 Å². The Balaban J connectivity index is 2.30. The molecule has 0 unspecified atom stereocenters. The monoisotopic (exact) mass is 257 g/mol. The molecule has 4 nitrogen and oxygen atoms in total. The molecule has 2 aromatic rings. The minimum atomic E-state index is -4.39. The maximum Gasteiger partial charge on any atom is 0.416 e. The summed E-state index contributed by atoms with van der Waals surface area (Å²) in [5.74, 6) is 0.173. The van der Waals surface area contributed by atoms with E-state index in [0.717, 1.165) is 16.8 Å². The maximum absolute atomic E-state index is 12.5. The van der Waals surface area contributed by atoms with E-state index in [-0.39, 0.29) is 17.9 Å². The minimum Gasteiger partial charge on any atom is -0.384 e. The number of benzene rings is 1. The second-order valence-corrected chi connectivity index (χ2v) is 3.83. The molecule has 1 aromatic heterocycles. The van der Waals surface area contributed by atoms with E-state index < -0.39 is 11.7 Å². The van der Waals surface area contributed by atoms with Gasteiger partial charge in [-0.1, -0.05) is 12.1 Å². The molecule has 3 N–H and O–H groups in total. The van der Waals surface area contributed by atoms with Gasteiger partial charge in [0, 0.05) is 6.07 Å². The van der Waals surface area contributed by atoms with Gasteiger partial charge in [0.15, 0.2) is 0 Å². The quantitative estimate of drug-likeness (QED) is 0.862. The molecule has 0 fully saturated rings. The highest BCUT2D eigenvalue weighted by Gasteiger charge is 2.30. The van der Waals surface area contributed by atoms with Crippen LogP contribution in [-0.4, -0.2) is 9.78 Å². The normalized spacial score (nSPS) is 11.7. The molecule has 0 aliphatic carbocycles. The molecule has 0 aliphatic rings. The van der Waals surface area contributed by atoms with Crippen molar-refractivity contribution in [2.24, 2.45) is 0 Å². The van der Waals surface area contributed by atoms with Crippen molar-refractivity contribution in [2.45, 2.75) is 12.7 Å². The van der Waals surface area contributed by atoms with Crippen LogP contribution in [0.3, 0.4) is 0 Å². The van der Waals surface area contributed by atoms with Gasteiger partial charge in [0.05, 0.1) is 12.1 Å². The zero-order valence-corrected chi connectivity index (χ0v) is 9.16. The third kappa shape index (κ3) is 2.55. The second-order valence-electron chi connectivity index (χ2n) is 3.83. The van der Waals surface area contributed by atoms with Gasteiger partial charge in [-0.05, 0) is 17.7 Å². The predicted molar refractivity (Wildman–Crippen MR) is 60.0 cm³/mol. The first-order valence-electron chi connectivity index (χ1n) is 5.08. The summed E-state index contributed by atoms with van der Waals surface area (Å²) < 4.78 is 38.6. The summed E-state index contributed by atoms with van der Waals surface area (Å²) in [6, 6.07) is 5.97. The van der Waals surface area contributed by atoms with Crippen LogP contribution in [0.25, 0.3) is 0 Å². The zero-order valence-electron chi connectivity index (χ0n) is 9.16. The van der Waals surface area contributed by atoms with Crippen LogP contribution in [0.4, 0.5) is 19.0 Å². The number of anilines is 1. The summed E-state index contributed by atoms with van der Waals surface area (Å²) in [6.45, 7) is 0.0138. The summed E-state index contributed by atoms with van der Waals surface area (Å²) in [5.41, 5.74) is 4.62. The molecule has 0 atom stereocenters. The number of aromatic nitrogens is 2. The fraction of sp³-hybridized carbons (Fsp3) is 0.182. The van der Waals surface area contributed by atoms with E-state index in [2.05, 4.69) is 5.10 Å². The van der Waals surface area contributed by atoms with Crippen molar-refractivity contribution in [3.63, 3.8) is 0 Å². The van der Waals surface area contributed by atoms with E-state index >= 15 is 0 Å². The Labute approximate surface area is 99.8 Å². The Kier molecular flexibility index (Phi) is 2.90. The highest BCUT2D eigenvalue weighted by atomic mass is 19.4. The largest absolute Gasteiger partial charge is 0.416 e. The fourth-order valence-electron chi connectivity index (χ4n) is 1.60. The maximum atomic E-state index is 12.5. The molecular weight excluding hydrogens is 247 g/mol. The standard InChI is InChI=1S/C11H10F3N3O/c12-11(13,14)8-3-1-2-7(4-8)6-17-10(18)5-9(15)16-17/h1-5,16H,6,15H2. The van der Waals surface area contributed by atoms with Crippen LogP contribution < -0.4 is 11.3 Å². The Morgan fingerprint density at radius 2 is 2.00 bits per heavy atom. The van der Waals surface area contributed by atoms with Crippen molar-refractivity contribution < 1.29 is 13.2 Å². The SMILES string of the molecule is Nc1cc(=O)n(Cc2cccc(C(F)(F)F)c2)[nH]1. The number of nitrogens with zero attached hydrogens (tertiary/aromatic N) is 1. The molecule has 7 heteroatoms. The molecule has 0 radical (unpaired) electrons. The molecule has 1 heterocycles. The lowest BCUT2D eigenvalue weighted by atomic mass is 10.1. The van der Waals surface area contributed by atoms with Gasteiger partial charge in [0.1, 0.15) is 5.82 Å². The number of alkyl halides is 3. The number of hydrogen-bond donors (Lipinski definition) is 2. The average Bonchev–Trinajstić information content (AvgIpc) is 2.56. The Hall–Kier alpha value is -2.18. The van der Waals surface area contributed by atoms with Gasteiger partial charge >= 0.3 is 6.18 Å². The molecule has 0 saturated heterocycles. The van der Waals surface area contributed by atoms with Crippen LogP contribution in [0.5, 0.6) is 0 Å². The van der Waals surface area contributed by atoms with Gasteiger partial charge in [0.2, 0.25) is 0 Å². The average molecular weight is 257 g/mol. The van der Waals surface area contributed by atoms with Crippen LogP contribution in [0.2, 0.25) is 0 Å². The summed E-state index contributed by atoms with van der Waals surface area (Å²) in [7, 11) is 0. The van der Waals surface area contributed by atoms with Gasteiger partial charge in [-0.25, -0.2) is 4.68 Å². The smallest absolute Gasteiger partial charge is 0.384 e. The molecule has 18 heavy (non-hydrogen) atoms. The van der Waals surface area contributed by atoms with Crippen molar-refractivity contribution in [1.29, 1.82) is 0 Å². The van der Waals surface area contributed by atoms with Crippen molar-refractivity contribution in [3.05, 3.63) is 51.8 Å². The van der Waals surface area contributed by atoms with Gasteiger partial charge in [-0.3, -0.25) is 9.89 Å². The molecule has 0 saturated carbocycles. The molecule has 0 amide bonds. The number of H-pyrrole nitrogens is 1. The Morgan fingerprint density at radius 1 is 1.28 bits per heavy atom. The first kappa shape index (κ1) is 12.3. The van der Waals surface area contributed by atoms with Crippen molar-refractivity contribution >= 4 is 5.82 Å². The van der Waals surface area contributed by atoms with Gasteiger partial charge in [-0.15, -0.1) is 0 Å². The summed E-state index contributed by atoms with van der Waals surface area (Å²) in [4.78, 5) is 11.4. The van der Waals surface area contributed by atoms with Crippen LogP contribution in [0.1, 0.15) is 11.1 Å². The van der Waals surface area contributed by atoms with E-state index in [1.807, 2.05) is 0 Å². The number of rotatable bonds is 2. The number of nitrogen functional groups attached to an aromatic ring is 1. The van der Waals surface area contributed by atoms with Gasteiger partial charge in [0.25, 0.3) is 5.56 Å². The molecule has 2 rings (SSSR count). The lowest BCUT2D eigenvalue weighted by Gasteiger charge is -2.08. The first-order valence-corrected chi connectivity index (χ1v) is 5.08. The second kappa shape index (κ2) is 4.25. The third-order valence-corrected chi connectivity index (χ3v) is 2.40. The number of halogens is 3. The van der Waals surface area contributed by atoms with E-state index in [1.54, 1.807) is 0 Å². The van der Waals surface area contributed by atoms with Crippen LogP contribution in [-0.2, 0) is 12.7 Å². The van der Waals surface area contributed by atoms with E-state index in [4.69, 9.17) is 5.73 Å². The van der Waals surface area contributed by atoms with Crippen LogP contribution in [0, 0.1) is 0 Å². The number of hydrogen-bond acceptors (Lipinski definition) is 2. The zero-order chi connectivity index (χ0) is 13.3. The first-order chi connectivity index (χ1) is 8.36. The van der Waals surface area contributed by atoms with Crippen molar-refractivity contribution in [1.82, 2.24) is 9.78 Å². The molecule has 0 spiro atoms. The molecular formula is C11H10F3N3O. The molecule has 96 valence electrons. The summed E-state index contributed by atoms with van der Waals surface area (Å²) in [6.07, 6.45) is -4.39. The summed E-state index contributed by atoms with van der Waals surface area (Å²) in [5, 5.41) is 2.55. The van der Waals surface area contributed by atoms with E-state index in [0.29, 0.717) is 5.56 Å². The predicted octanol–water partition coefficient (Wildman–Crippen LogP) is 1.83. The van der Waals surface area contributed by atoms with E-state index in [9.17, 15) is 18.0 Å². The van der Waals surface area contributed by atoms with Crippen molar-refractivity contribution in [3.8, 4) is 0 Å². The Morgan fingerprint density at radius 3 is 2.56 bits per heavy atom. The fourth-order valence-corrected chi connectivity index (χ4v) is 1.60. The highest BCUT2D eigenvalue weighted by molar-refractivity contribution is 5.27. The van der Waals surface area contributed by atoms with Gasteiger partial charge < -0.3 is 5.73 Å². The van der Waals surface area contributed by atoms with Crippen LogP contribution >= 0.6 is 0 Å². The topological polar surface area (TPSA) is 63.8 Å². The van der Waals surface area contributed by atoms with Crippen molar-refractivity contribution in [2.75, 3.05) is 5.73 Å². The minimum absolute atomic E-state index is 0.0138. The molecule has 0 aliphatic heterocycles. The third-order valence-electron chi connectivity index (χ3n) is 2.40. The number of nitrogens with two attached hydrogens (primary N) is 1. The molecule has 0 bridgehead atoms. The number of nitrogens with one attached hydrogen (secondary N) is 1. The molecule has 1 aromatic carbocycles. The summed E-state index contributed by atoms with van der Waals surface area (Å²) >= 11 is 0. The Bertz CT molecular complexity index is 612. The highest BCUT2D eigenvalue weighted by Crippen LogP contribution is 2.29. The van der Waals surface area contributed by atoms with Gasteiger partial charge in [-0.2, -0.15) is 13.2 Å². The lowest BCUT2D eigenvalue weighted by Crippen LogP contribution is -2.17.